The predicted molar refractivity (Wildman–Crippen MR) is 129 cm³/mol. The fourth-order valence-electron chi connectivity index (χ4n) is 5.21. The van der Waals surface area contributed by atoms with Gasteiger partial charge in [0.1, 0.15) is 11.5 Å². The van der Waals surface area contributed by atoms with Gasteiger partial charge < -0.3 is 20.3 Å². The normalized spacial score (nSPS) is 20.0. The van der Waals surface area contributed by atoms with Crippen LogP contribution in [0.15, 0.2) is 33.9 Å². The maximum Gasteiger partial charge on any atom is 0.263 e. The minimum absolute atomic E-state index is 0.0609. The topological polar surface area (TPSA) is 123 Å². The molecule has 35 heavy (non-hydrogen) atoms. The van der Waals surface area contributed by atoms with E-state index in [2.05, 4.69) is 25.5 Å². The van der Waals surface area contributed by atoms with Gasteiger partial charge in [-0.1, -0.05) is 11.6 Å². The second-order valence-electron chi connectivity index (χ2n) is 9.16. The van der Waals surface area contributed by atoms with Gasteiger partial charge in [-0.3, -0.25) is 23.5 Å². The van der Waals surface area contributed by atoms with Crippen LogP contribution in [-0.4, -0.2) is 62.2 Å². The number of aromatic nitrogens is 4. The molecule has 3 aromatic heterocycles. The molecule has 1 saturated heterocycles. The molecule has 0 radical (unpaired) electrons. The van der Waals surface area contributed by atoms with Gasteiger partial charge in [0, 0.05) is 36.7 Å². The summed E-state index contributed by atoms with van der Waals surface area (Å²) in [6, 6.07) is 6.93. The van der Waals surface area contributed by atoms with E-state index in [1.165, 1.54) is 0 Å². The standard InChI is InChI=1S/C23H24ClN7O4/c24-21-20-22(28-17(32)12-35-20)27-16(26-21)9-25-14-5-7-29(8-6-14)10-15-11-30-18(33)3-1-13-2-4-19(34)31(15)23(13)30/h1-4,14-15,25H,5-12H2,(H,26,27,28,32)/t15-/m1/s1. The van der Waals surface area contributed by atoms with E-state index in [4.69, 9.17) is 16.3 Å². The van der Waals surface area contributed by atoms with Crippen molar-refractivity contribution in [3.05, 3.63) is 56.0 Å². The number of halogens is 1. The van der Waals surface area contributed by atoms with Crippen LogP contribution >= 0.6 is 11.6 Å². The number of pyridine rings is 2. The van der Waals surface area contributed by atoms with E-state index >= 15 is 0 Å². The first-order valence-electron chi connectivity index (χ1n) is 11.7. The number of carbonyl (C=O) groups is 1. The molecule has 3 aliphatic heterocycles. The molecule has 1 amide bonds. The highest BCUT2D eigenvalue weighted by atomic mass is 35.5. The van der Waals surface area contributed by atoms with E-state index in [9.17, 15) is 14.4 Å². The Morgan fingerprint density at radius 3 is 2.66 bits per heavy atom. The first-order valence-corrected chi connectivity index (χ1v) is 12.0. The summed E-state index contributed by atoms with van der Waals surface area (Å²) in [5, 5.41) is 7.23. The molecule has 1 fully saturated rings. The second kappa shape index (κ2) is 8.74. The van der Waals surface area contributed by atoms with Crippen LogP contribution in [0.2, 0.25) is 5.15 Å². The number of nitrogens with zero attached hydrogens (tertiary/aromatic N) is 5. The van der Waals surface area contributed by atoms with Crippen LogP contribution in [0.5, 0.6) is 5.75 Å². The molecule has 3 aliphatic rings. The number of ether oxygens (including phenoxy) is 1. The third-order valence-electron chi connectivity index (χ3n) is 6.90. The Balaban J connectivity index is 1.07. The molecule has 0 aliphatic carbocycles. The van der Waals surface area contributed by atoms with Gasteiger partial charge in [0.2, 0.25) is 0 Å². The number of piperidine rings is 1. The van der Waals surface area contributed by atoms with Crippen molar-refractivity contribution in [1.82, 2.24) is 29.3 Å². The zero-order valence-corrected chi connectivity index (χ0v) is 19.6. The van der Waals surface area contributed by atoms with Crippen LogP contribution in [-0.2, 0) is 17.9 Å². The molecule has 6 heterocycles. The van der Waals surface area contributed by atoms with Crippen LogP contribution in [0, 0.1) is 0 Å². The predicted octanol–water partition coefficient (Wildman–Crippen LogP) is 0.746. The summed E-state index contributed by atoms with van der Waals surface area (Å²) < 4.78 is 8.79. The average Bonchev–Trinajstić information content (AvgIpc) is 3.23. The van der Waals surface area contributed by atoms with Crippen molar-refractivity contribution in [3.63, 3.8) is 0 Å². The van der Waals surface area contributed by atoms with E-state index in [0.717, 1.165) is 43.5 Å². The summed E-state index contributed by atoms with van der Waals surface area (Å²) in [6.45, 7) is 3.31. The molecular formula is C23H24ClN7O4. The largest absolute Gasteiger partial charge is 0.477 e. The molecule has 0 bridgehead atoms. The first kappa shape index (κ1) is 22.2. The molecule has 11 nitrogen and oxygen atoms in total. The van der Waals surface area contributed by atoms with Gasteiger partial charge in [-0.15, -0.1) is 0 Å². The Hall–Kier alpha value is -3.28. The lowest BCUT2D eigenvalue weighted by Crippen LogP contribution is -2.44. The van der Waals surface area contributed by atoms with Gasteiger partial charge in [-0.25, -0.2) is 9.97 Å². The molecule has 0 saturated carbocycles. The maximum absolute atomic E-state index is 12.6. The summed E-state index contributed by atoms with van der Waals surface area (Å²) in [7, 11) is 0. The fourth-order valence-corrected chi connectivity index (χ4v) is 5.45. The first-order chi connectivity index (χ1) is 17.0. The third-order valence-corrected chi connectivity index (χ3v) is 7.15. The molecule has 0 spiro atoms. The molecule has 12 heteroatoms. The molecule has 0 unspecified atom stereocenters. The van der Waals surface area contributed by atoms with Crippen molar-refractivity contribution in [3.8, 4) is 5.75 Å². The molecular weight excluding hydrogens is 474 g/mol. The van der Waals surface area contributed by atoms with Crippen molar-refractivity contribution in [2.45, 2.75) is 38.0 Å². The van der Waals surface area contributed by atoms with E-state index in [-0.39, 0.29) is 40.9 Å². The van der Waals surface area contributed by atoms with Crippen LogP contribution in [0.3, 0.4) is 0 Å². The highest BCUT2D eigenvalue weighted by molar-refractivity contribution is 6.31. The zero-order valence-electron chi connectivity index (χ0n) is 18.9. The Morgan fingerprint density at radius 1 is 1.09 bits per heavy atom. The number of hydrogen-bond donors (Lipinski definition) is 2. The van der Waals surface area contributed by atoms with Crippen LogP contribution in [0.1, 0.15) is 24.7 Å². The summed E-state index contributed by atoms with van der Waals surface area (Å²) in [4.78, 5) is 47.6. The Labute approximate surface area is 204 Å². The Kier molecular flexibility index (Phi) is 5.54. The molecule has 1 atom stereocenters. The van der Waals surface area contributed by atoms with Gasteiger partial charge in [0.25, 0.3) is 17.0 Å². The highest BCUT2D eigenvalue weighted by Gasteiger charge is 2.29. The number of fused-ring (bicyclic) bond motifs is 1. The van der Waals surface area contributed by atoms with Crippen molar-refractivity contribution in [2.24, 2.45) is 0 Å². The number of anilines is 1. The smallest absolute Gasteiger partial charge is 0.263 e. The lowest BCUT2D eigenvalue weighted by atomic mass is 10.0. The maximum atomic E-state index is 12.6. The van der Waals surface area contributed by atoms with Crippen molar-refractivity contribution in [2.75, 3.05) is 31.6 Å². The van der Waals surface area contributed by atoms with Crippen molar-refractivity contribution < 1.29 is 9.53 Å². The van der Waals surface area contributed by atoms with Gasteiger partial charge >= 0.3 is 0 Å². The van der Waals surface area contributed by atoms with Crippen LogP contribution in [0.4, 0.5) is 5.82 Å². The third kappa shape index (κ3) is 4.09. The van der Waals surface area contributed by atoms with Gasteiger partial charge in [-0.2, -0.15) is 0 Å². The molecule has 6 rings (SSSR count). The van der Waals surface area contributed by atoms with E-state index in [1.54, 1.807) is 33.4 Å². The molecule has 2 N–H and O–H groups in total. The number of carbonyl (C=O) groups excluding carboxylic acids is 1. The van der Waals surface area contributed by atoms with Gasteiger partial charge in [-0.05, 0) is 38.1 Å². The number of rotatable bonds is 5. The summed E-state index contributed by atoms with van der Waals surface area (Å²) in [5.74, 6) is 0.820. The number of hydrogen-bond acceptors (Lipinski definition) is 8. The average molecular weight is 498 g/mol. The van der Waals surface area contributed by atoms with Crippen molar-refractivity contribution in [1.29, 1.82) is 0 Å². The van der Waals surface area contributed by atoms with Crippen LogP contribution in [0.25, 0.3) is 11.0 Å². The quantitative estimate of drug-likeness (QED) is 0.495. The summed E-state index contributed by atoms with van der Waals surface area (Å²) in [6.07, 6.45) is 1.86. The lowest BCUT2D eigenvalue weighted by molar-refractivity contribution is -0.118. The SMILES string of the molecule is O=C1COc2c(Cl)nc(CNC3CCN(C[C@@H]4Cn5c(=O)ccc6ccc(=O)n4c65)CC3)nc2N1. The second-order valence-corrected chi connectivity index (χ2v) is 9.52. The lowest BCUT2D eigenvalue weighted by Gasteiger charge is -2.34. The fraction of sp³-hybridized carbons (Fsp3) is 0.435. The van der Waals surface area contributed by atoms with E-state index < -0.39 is 0 Å². The summed E-state index contributed by atoms with van der Waals surface area (Å²) in [5.41, 5.74) is 0.580. The molecule has 182 valence electrons. The van der Waals surface area contributed by atoms with Crippen LogP contribution < -0.4 is 26.5 Å². The Morgan fingerprint density at radius 2 is 1.86 bits per heavy atom. The number of amides is 1. The number of likely N-dealkylation sites (tertiary alicyclic amines) is 1. The number of nitrogens with one attached hydrogen (secondary N) is 2. The zero-order chi connectivity index (χ0) is 24.1. The molecule has 0 aromatic carbocycles. The van der Waals surface area contributed by atoms with E-state index in [0.29, 0.717) is 30.5 Å². The Bertz CT molecular complexity index is 1440. The van der Waals surface area contributed by atoms with Gasteiger partial charge in [0.05, 0.1) is 12.6 Å². The minimum Gasteiger partial charge on any atom is -0.477 e. The molecule has 3 aromatic rings. The van der Waals surface area contributed by atoms with Gasteiger partial charge in [0.15, 0.2) is 23.3 Å². The highest BCUT2D eigenvalue weighted by Crippen LogP contribution is 2.32. The van der Waals surface area contributed by atoms with Crippen molar-refractivity contribution >= 4 is 34.4 Å². The monoisotopic (exact) mass is 497 g/mol. The minimum atomic E-state index is -0.271. The summed E-state index contributed by atoms with van der Waals surface area (Å²) >= 11 is 6.19. The van der Waals surface area contributed by atoms with E-state index in [1.807, 2.05) is 0 Å².